The van der Waals surface area contributed by atoms with Crippen molar-refractivity contribution in [3.05, 3.63) is 207 Å². The second-order valence-electron chi connectivity index (χ2n) is 23.9. The average Bonchev–Trinajstić information content (AvgIpc) is 1.75. The number of sulfonamides is 3. The number of nitrogens with zero attached hydrogens (tertiary/aromatic N) is 9. The number of amides is 4. The number of halogens is 4. The van der Waals surface area contributed by atoms with Gasteiger partial charge in [-0.2, -0.15) is 0 Å². The zero-order valence-electron chi connectivity index (χ0n) is 55.4. The molecule has 25 nitrogen and oxygen atoms in total. The first-order valence-electron chi connectivity index (χ1n) is 32.2. The number of piperazine rings is 3. The number of carbonyl (C=O) groups is 4. The molecule has 5 aromatic heterocycles. The van der Waals surface area contributed by atoms with Gasteiger partial charge in [-0.15, -0.1) is 34.0 Å². The summed E-state index contributed by atoms with van der Waals surface area (Å²) in [4.78, 5) is 80.9. The summed E-state index contributed by atoms with van der Waals surface area (Å²) in [6, 6.07) is 33.6. The number of H-pyrrole nitrogens is 2. The van der Waals surface area contributed by atoms with Crippen LogP contribution in [0.1, 0.15) is 41.1 Å². The zero-order valence-corrected chi connectivity index (χ0v) is 61.8. The maximum atomic E-state index is 14.4. The minimum Gasteiger partial charge on any atom is -0.484 e. The molecule has 0 spiro atoms. The summed E-state index contributed by atoms with van der Waals surface area (Å²) in [5.74, 6) is -2.23. The number of rotatable bonds is 19. The van der Waals surface area contributed by atoms with Crippen LogP contribution in [0.25, 0.3) is 21.8 Å². The molecule has 3 aliphatic rings. The van der Waals surface area contributed by atoms with Gasteiger partial charge in [-0.05, 0) is 134 Å². The van der Waals surface area contributed by atoms with Crippen molar-refractivity contribution in [1.82, 2.24) is 39.6 Å². The van der Waals surface area contributed by atoms with Gasteiger partial charge < -0.3 is 44.1 Å². The molecular weight excluding hydrogens is 1500 g/mol. The fourth-order valence-corrected chi connectivity index (χ4v) is 17.7. The van der Waals surface area contributed by atoms with Crippen LogP contribution in [0.15, 0.2) is 189 Å². The molecule has 0 radical (unpaired) electrons. The molecule has 3 aliphatic heterocycles. The highest BCUT2D eigenvalue weighted by Gasteiger charge is 2.34. The first kappa shape index (κ1) is 74.0. The van der Waals surface area contributed by atoms with E-state index >= 15 is 0 Å². The number of anilines is 6. The molecule has 2 atom stereocenters. The minimum absolute atomic E-state index is 0. The molecule has 5 N–H and O–H groups in total. The number of nitrogens with one attached hydrogen (secondary N) is 5. The number of aromatic amines is 2. The first-order chi connectivity index (χ1) is 49.9. The van der Waals surface area contributed by atoms with Crippen molar-refractivity contribution in [2.75, 3.05) is 107 Å². The van der Waals surface area contributed by atoms with Gasteiger partial charge in [-0.1, -0.05) is 35.3 Å². The van der Waals surface area contributed by atoms with Crippen molar-refractivity contribution in [3.63, 3.8) is 0 Å². The van der Waals surface area contributed by atoms with Gasteiger partial charge >= 0.3 is 0 Å². The molecule has 3 fully saturated rings. The Morgan fingerprint density at radius 3 is 1.64 bits per heavy atom. The van der Waals surface area contributed by atoms with E-state index in [9.17, 15) is 53.2 Å². The summed E-state index contributed by atoms with van der Waals surface area (Å²) in [6.07, 6.45) is 8.10. The van der Waals surface area contributed by atoms with Crippen LogP contribution in [0.5, 0.6) is 5.75 Å². The van der Waals surface area contributed by atoms with E-state index in [0.29, 0.717) is 102 Å². The summed E-state index contributed by atoms with van der Waals surface area (Å²) in [5.41, 5.74) is 5.27. The predicted molar refractivity (Wildman–Crippen MR) is 406 cm³/mol. The van der Waals surface area contributed by atoms with Crippen LogP contribution in [0.4, 0.5) is 41.2 Å². The standard InChI is InChI=1S/C24H24ClN5O3S2.C24H22FN5O4S2.C21H20ClFN4O4S2.3H2/c1-16(21-15-27-22-7-2-17(25)14-20(21)22)23(31)30-11-9-29(10-12-30)18-3-5-19(6-4-18)35(32,33)28-24-26-8-13-34-24;1-15(18-13-27-20-4-2-3-19(25)22(18)20)23(32)29-10-11-30(21(31)14-29)16-5-7-17(8-6-16)36(33,34)28-24-26-9-12-35-24;22-18-13-16(4-5-19(18)23)31-14-20(28)27-9-7-26(8-10-27)15-2-1-3-17(12-15)33(29,30)25-21-24-6-11-32-21;;;/h2-8,13-16,27H,9-12H2,1H3,(H,26,28);2-9,12-13,15,27H,10-11,14H2,1H3,(H,26,28);1-6,11-13H,7-10,14H2,(H,24,25);3*1H/t16-;15-;;;;/m00..../s1. The highest BCUT2D eigenvalue weighted by atomic mass is 35.5. The summed E-state index contributed by atoms with van der Waals surface area (Å²) < 4.78 is 116. The van der Waals surface area contributed by atoms with Crippen molar-refractivity contribution >= 4 is 165 Å². The smallest absolute Gasteiger partial charge is 0.263 e. The number of hydrogen-bond donors (Lipinski definition) is 5. The van der Waals surface area contributed by atoms with Crippen molar-refractivity contribution in [2.45, 2.75) is 40.4 Å². The number of fused-ring (bicyclic) bond motifs is 2. The van der Waals surface area contributed by atoms with Crippen molar-refractivity contribution < 1.29 is 62.2 Å². The fraction of sp³-hybridized carbons (Fsp3) is 0.232. The Morgan fingerprint density at radius 1 is 0.548 bits per heavy atom. The lowest BCUT2D eigenvalue weighted by Gasteiger charge is -2.37. The highest BCUT2D eigenvalue weighted by Crippen LogP contribution is 2.34. The van der Waals surface area contributed by atoms with Gasteiger partial charge in [-0.25, -0.2) is 49.0 Å². The summed E-state index contributed by atoms with van der Waals surface area (Å²) in [6.45, 7) is 8.39. The van der Waals surface area contributed by atoms with Crippen LogP contribution >= 0.6 is 57.2 Å². The van der Waals surface area contributed by atoms with Crippen LogP contribution in [0.2, 0.25) is 10.0 Å². The quantitative estimate of drug-likeness (QED) is 0.0502. The maximum absolute atomic E-state index is 14.4. The highest BCUT2D eigenvalue weighted by molar-refractivity contribution is 7.93. The summed E-state index contributed by atoms with van der Waals surface area (Å²) >= 11 is 15.5. The van der Waals surface area contributed by atoms with Crippen molar-refractivity contribution in [2.24, 2.45) is 0 Å². The van der Waals surface area contributed by atoms with Crippen LogP contribution in [-0.2, 0) is 49.2 Å². The molecule has 11 aromatic rings. The molecule has 0 unspecified atom stereocenters. The topological polar surface area (TPSA) is 306 Å². The third-order valence-corrected chi connectivity index (χ3v) is 24.5. The van der Waals surface area contributed by atoms with E-state index in [4.69, 9.17) is 27.9 Å². The maximum Gasteiger partial charge on any atom is 0.263 e. The predicted octanol–water partition coefficient (Wildman–Crippen LogP) is 12.3. The molecule has 0 bridgehead atoms. The summed E-state index contributed by atoms with van der Waals surface area (Å²) in [7, 11) is -11.2. The molecule has 548 valence electrons. The number of thiazole rings is 3. The van der Waals surface area contributed by atoms with E-state index in [1.807, 2.05) is 47.2 Å². The average molecular weight is 1570 g/mol. The van der Waals surface area contributed by atoms with Gasteiger partial charge in [0.1, 0.15) is 23.9 Å². The lowest BCUT2D eigenvalue weighted by Crippen LogP contribution is -2.53. The van der Waals surface area contributed by atoms with Gasteiger partial charge in [0.05, 0.1) is 31.5 Å². The monoisotopic (exact) mass is 1570 g/mol. The van der Waals surface area contributed by atoms with E-state index in [1.165, 1.54) is 98.7 Å². The molecule has 8 heterocycles. The Morgan fingerprint density at radius 2 is 1.07 bits per heavy atom. The third-order valence-electron chi connectivity index (χ3n) is 17.5. The van der Waals surface area contributed by atoms with Crippen LogP contribution in [0.3, 0.4) is 0 Å². The second-order valence-corrected chi connectivity index (χ2v) is 32.5. The molecule has 0 aliphatic carbocycles. The SMILES string of the molecule is C[C@H](C(=O)N1CCN(c2ccc(S(=O)(=O)Nc3nccs3)cc2)C(=O)C1)c1c[nH]c2cccc(F)c12.C[C@H](C(=O)N1CCN(c2ccc(S(=O)(=O)Nc3nccs3)cc2)CC1)c1c[nH]c2ccc(Cl)cc12.O=C(COc1ccc(F)c(Cl)c1)N1CCN(c2cccc(S(=O)(=O)Nc3nccs3)c2)CC1.[HH].[HH].[HH]. The second kappa shape index (κ2) is 32.1. The van der Waals surface area contributed by atoms with E-state index < -0.39 is 47.6 Å². The van der Waals surface area contributed by atoms with Crippen molar-refractivity contribution in [3.8, 4) is 5.75 Å². The van der Waals surface area contributed by atoms with Gasteiger partial charge in [0.15, 0.2) is 22.0 Å². The van der Waals surface area contributed by atoms with E-state index in [-0.39, 0.29) is 78.4 Å². The van der Waals surface area contributed by atoms with Crippen LogP contribution < -0.4 is 33.6 Å². The van der Waals surface area contributed by atoms with Gasteiger partial charge in [0.25, 0.3) is 36.0 Å². The van der Waals surface area contributed by atoms with Crippen LogP contribution in [0, 0.1) is 11.6 Å². The lowest BCUT2D eigenvalue weighted by atomic mass is 9.98. The molecule has 3 saturated heterocycles. The lowest BCUT2D eigenvalue weighted by molar-refractivity contribution is -0.137. The molecule has 6 aromatic carbocycles. The van der Waals surface area contributed by atoms with Gasteiger partial charge in [0.2, 0.25) is 17.7 Å². The zero-order chi connectivity index (χ0) is 73.5. The molecule has 104 heavy (non-hydrogen) atoms. The summed E-state index contributed by atoms with van der Waals surface area (Å²) in [5, 5.41) is 7.88. The first-order valence-corrected chi connectivity index (χ1v) is 40.0. The number of benzene rings is 6. The fourth-order valence-electron chi connectivity index (χ4n) is 12.0. The van der Waals surface area contributed by atoms with E-state index in [0.717, 1.165) is 27.8 Å². The Hall–Kier alpha value is -9.74. The Kier molecular flexibility index (Phi) is 22.8. The Bertz CT molecular complexity index is 5260. The van der Waals surface area contributed by atoms with E-state index in [1.54, 1.807) is 101 Å². The Balaban J connectivity index is 0.000000183. The Labute approximate surface area is 623 Å². The normalized spacial score (nSPS) is 15.0. The van der Waals surface area contributed by atoms with Crippen LogP contribution in [-0.4, -0.2) is 167 Å². The van der Waals surface area contributed by atoms with Crippen molar-refractivity contribution in [1.29, 1.82) is 0 Å². The molecular formula is C69H72Cl2F2N14O11S6. The number of carbonyl (C=O) groups excluding carboxylic acids is 4. The number of ether oxygens (including phenoxy) is 1. The molecule has 4 amide bonds. The molecule has 35 heteroatoms. The molecule has 14 rings (SSSR count). The van der Waals surface area contributed by atoms with Gasteiger partial charge in [0, 0.05) is 167 Å². The third kappa shape index (κ3) is 17.4. The molecule has 0 saturated carbocycles. The number of hydrogen-bond acceptors (Lipinski definition) is 19. The number of aromatic nitrogens is 5. The van der Waals surface area contributed by atoms with E-state index in [2.05, 4.69) is 44.0 Å². The largest absolute Gasteiger partial charge is 0.484 e. The minimum atomic E-state index is -3.80. The van der Waals surface area contributed by atoms with Gasteiger partial charge in [-0.3, -0.25) is 33.3 Å².